The van der Waals surface area contributed by atoms with E-state index in [1.807, 2.05) is 0 Å². The number of carbonyl (C=O) groups excluding carboxylic acids is 1. The van der Waals surface area contributed by atoms with Crippen LogP contribution in [0.3, 0.4) is 0 Å². The minimum Gasteiger partial charge on any atom is -0.480 e. The fourth-order valence-corrected chi connectivity index (χ4v) is 2.95. The average Bonchev–Trinajstić information content (AvgIpc) is 2.99. The SMILES string of the molecule is CCC1CCC(NC(=O)CCn2ccnc2)(C(=O)O)CC1. The number of imidazole rings is 1. The number of nitrogens with zero attached hydrogens (tertiary/aromatic N) is 2. The summed E-state index contributed by atoms with van der Waals surface area (Å²) in [5, 5.41) is 12.3. The normalized spacial score (nSPS) is 25.5. The molecule has 0 saturated heterocycles. The minimum atomic E-state index is -1.07. The maximum Gasteiger partial charge on any atom is 0.329 e. The Bertz CT molecular complexity index is 476. The smallest absolute Gasteiger partial charge is 0.329 e. The zero-order chi connectivity index (χ0) is 15.3. The molecule has 1 saturated carbocycles. The third-order valence-corrected chi connectivity index (χ3v) is 4.48. The van der Waals surface area contributed by atoms with E-state index in [0.29, 0.717) is 25.3 Å². The van der Waals surface area contributed by atoms with Crippen molar-refractivity contribution in [1.29, 1.82) is 0 Å². The number of aryl methyl sites for hydroxylation is 1. The number of aliphatic carboxylic acids is 1. The first-order chi connectivity index (χ1) is 10.1. The van der Waals surface area contributed by atoms with Crippen molar-refractivity contribution >= 4 is 11.9 Å². The molecule has 0 radical (unpaired) electrons. The zero-order valence-electron chi connectivity index (χ0n) is 12.4. The lowest BCUT2D eigenvalue weighted by atomic mass is 9.75. The summed E-state index contributed by atoms with van der Waals surface area (Å²) >= 11 is 0. The van der Waals surface area contributed by atoms with Crippen molar-refractivity contribution < 1.29 is 14.7 Å². The molecule has 6 nitrogen and oxygen atoms in total. The van der Waals surface area contributed by atoms with E-state index in [9.17, 15) is 14.7 Å². The monoisotopic (exact) mass is 293 g/mol. The van der Waals surface area contributed by atoms with Crippen molar-refractivity contribution in [3.63, 3.8) is 0 Å². The van der Waals surface area contributed by atoms with Crippen LogP contribution in [0.1, 0.15) is 45.4 Å². The van der Waals surface area contributed by atoms with Crippen LogP contribution >= 0.6 is 0 Å². The molecule has 1 aliphatic carbocycles. The van der Waals surface area contributed by atoms with Crippen molar-refractivity contribution in [3.8, 4) is 0 Å². The van der Waals surface area contributed by atoms with Gasteiger partial charge in [0.05, 0.1) is 6.33 Å². The average molecular weight is 293 g/mol. The number of nitrogens with one attached hydrogen (secondary N) is 1. The largest absolute Gasteiger partial charge is 0.480 e. The summed E-state index contributed by atoms with van der Waals surface area (Å²) in [4.78, 5) is 27.6. The Hall–Kier alpha value is -1.85. The van der Waals surface area contributed by atoms with E-state index in [1.165, 1.54) is 0 Å². The van der Waals surface area contributed by atoms with E-state index in [0.717, 1.165) is 19.3 Å². The fourth-order valence-electron chi connectivity index (χ4n) is 2.95. The summed E-state index contributed by atoms with van der Waals surface area (Å²) in [6, 6.07) is 0. The lowest BCUT2D eigenvalue weighted by Crippen LogP contribution is -2.56. The third-order valence-electron chi connectivity index (χ3n) is 4.48. The van der Waals surface area contributed by atoms with Gasteiger partial charge in [0.2, 0.25) is 5.91 Å². The lowest BCUT2D eigenvalue weighted by molar-refractivity contribution is -0.149. The molecule has 0 bridgehead atoms. The molecule has 1 amide bonds. The van der Waals surface area contributed by atoms with Gasteiger partial charge in [0.15, 0.2) is 0 Å². The van der Waals surface area contributed by atoms with E-state index in [2.05, 4.69) is 17.2 Å². The topological polar surface area (TPSA) is 84.2 Å². The van der Waals surface area contributed by atoms with Crippen molar-refractivity contribution in [2.45, 2.75) is 57.5 Å². The predicted octanol–water partition coefficient (Wildman–Crippen LogP) is 1.81. The van der Waals surface area contributed by atoms with Gasteiger partial charge in [0.1, 0.15) is 5.54 Å². The molecule has 0 aromatic carbocycles. The summed E-state index contributed by atoms with van der Waals surface area (Å²) in [5.74, 6) is -0.533. The first-order valence-corrected chi connectivity index (χ1v) is 7.56. The number of carboxylic acid groups (broad SMARTS) is 1. The number of carboxylic acids is 1. The molecule has 1 heterocycles. The second-order valence-electron chi connectivity index (χ2n) is 5.84. The van der Waals surface area contributed by atoms with Gasteiger partial charge in [0, 0.05) is 25.4 Å². The summed E-state index contributed by atoms with van der Waals surface area (Å²) < 4.78 is 1.81. The van der Waals surface area contributed by atoms with E-state index in [1.54, 1.807) is 23.3 Å². The summed E-state index contributed by atoms with van der Waals surface area (Å²) in [6.07, 6.45) is 9.21. The van der Waals surface area contributed by atoms with Crippen LogP contribution in [0.5, 0.6) is 0 Å². The van der Waals surface area contributed by atoms with Crippen LogP contribution in [0, 0.1) is 5.92 Å². The molecule has 0 unspecified atom stereocenters. The van der Waals surface area contributed by atoms with E-state index in [-0.39, 0.29) is 12.3 Å². The summed E-state index contributed by atoms with van der Waals surface area (Å²) in [7, 11) is 0. The van der Waals surface area contributed by atoms with Crippen LogP contribution in [-0.2, 0) is 16.1 Å². The van der Waals surface area contributed by atoms with Crippen molar-refractivity contribution in [1.82, 2.24) is 14.9 Å². The molecule has 2 rings (SSSR count). The highest BCUT2D eigenvalue weighted by Gasteiger charge is 2.42. The highest BCUT2D eigenvalue weighted by molar-refractivity contribution is 5.87. The molecule has 1 aliphatic rings. The first-order valence-electron chi connectivity index (χ1n) is 7.56. The van der Waals surface area contributed by atoms with Crippen molar-refractivity contribution in [2.24, 2.45) is 5.92 Å². The Morgan fingerprint density at radius 1 is 1.43 bits per heavy atom. The molecular formula is C15H23N3O3. The number of aromatic nitrogens is 2. The van der Waals surface area contributed by atoms with Crippen LogP contribution in [0.25, 0.3) is 0 Å². The maximum absolute atomic E-state index is 12.1. The number of rotatable bonds is 6. The maximum atomic E-state index is 12.1. The van der Waals surface area contributed by atoms with Crippen molar-refractivity contribution in [2.75, 3.05) is 0 Å². The molecule has 116 valence electrons. The summed E-state index contributed by atoms with van der Waals surface area (Å²) in [5.41, 5.74) is -1.07. The highest BCUT2D eigenvalue weighted by Crippen LogP contribution is 2.34. The molecule has 1 aromatic rings. The van der Waals surface area contributed by atoms with Crippen molar-refractivity contribution in [3.05, 3.63) is 18.7 Å². The zero-order valence-corrected chi connectivity index (χ0v) is 12.4. The molecule has 6 heteroatoms. The second-order valence-corrected chi connectivity index (χ2v) is 5.84. The van der Waals surface area contributed by atoms with Gasteiger partial charge in [-0.05, 0) is 31.6 Å². The van der Waals surface area contributed by atoms with E-state index in [4.69, 9.17) is 0 Å². The standard InChI is InChI=1S/C15H23N3O3/c1-2-12-3-6-15(7-4-12,14(20)21)17-13(19)5-9-18-10-8-16-11-18/h8,10-12H,2-7,9H2,1H3,(H,17,19)(H,20,21). The van der Waals surface area contributed by atoms with Gasteiger partial charge < -0.3 is 15.0 Å². The molecular weight excluding hydrogens is 270 g/mol. The van der Waals surface area contributed by atoms with Gasteiger partial charge in [-0.25, -0.2) is 9.78 Å². The lowest BCUT2D eigenvalue weighted by Gasteiger charge is -2.37. The van der Waals surface area contributed by atoms with Gasteiger partial charge in [0.25, 0.3) is 0 Å². The Morgan fingerprint density at radius 3 is 2.67 bits per heavy atom. The number of amides is 1. The van der Waals surface area contributed by atoms with Gasteiger partial charge >= 0.3 is 5.97 Å². The molecule has 2 N–H and O–H groups in total. The van der Waals surface area contributed by atoms with E-state index >= 15 is 0 Å². The van der Waals surface area contributed by atoms with Gasteiger partial charge in [-0.1, -0.05) is 13.3 Å². The molecule has 0 atom stereocenters. The quantitative estimate of drug-likeness (QED) is 0.838. The van der Waals surface area contributed by atoms with Crippen LogP contribution in [-0.4, -0.2) is 32.1 Å². The van der Waals surface area contributed by atoms with Gasteiger partial charge in [-0.2, -0.15) is 0 Å². The van der Waals surface area contributed by atoms with E-state index < -0.39 is 11.5 Å². The molecule has 21 heavy (non-hydrogen) atoms. The minimum absolute atomic E-state index is 0.207. The van der Waals surface area contributed by atoms with Gasteiger partial charge in [-0.15, -0.1) is 0 Å². The molecule has 0 aliphatic heterocycles. The van der Waals surface area contributed by atoms with Gasteiger partial charge in [-0.3, -0.25) is 4.79 Å². The second kappa shape index (κ2) is 6.74. The van der Waals surface area contributed by atoms with Crippen LogP contribution in [0.15, 0.2) is 18.7 Å². The predicted molar refractivity (Wildman–Crippen MR) is 77.6 cm³/mol. The number of hydrogen-bond donors (Lipinski definition) is 2. The van der Waals surface area contributed by atoms with Crippen LogP contribution < -0.4 is 5.32 Å². The molecule has 1 fully saturated rings. The van der Waals surface area contributed by atoms with Crippen LogP contribution in [0.4, 0.5) is 0 Å². The Balaban J connectivity index is 1.90. The molecule has 0 spiro atoms. The Kier molecular flexibility index (Phi) is 4.98. The number of carbonyl (C=O) groups is 2. The summed E-state index contributed by atoms with van der Waals surface area (Å²) in [6.45, 7) is 2.64. The first kappa shape index (κ1) is 15.5. The highest BCUT2D eigenvalue weighted by atomic mass is 16.4. The molecule has 1 aromatic heterocycles. The van der Waals surface area contributed by atoms with Crippen LogP contribution in [0.2, 0.25) is 0 Å². The Labute approximate surface area is 124 Å². The Morgan fingerprint density at radius 2 is 2.14 bits per heavy atom. The third kappa shape index (κ3) is 3.83. The number of hydrogen-bond acceptors (Lipinski definition) is 3. The fraction of sp³-hybridized carbons (Fsp3) is 0.667.